The van der Waals surface area contributed by atoms with Gasteiger partial charge < -0.3 is 0 Å². The Morgan fingerprint density at radius 1 is 1.30 bits per heavy atom. The van der Waals surface area contributed by atoms with E-state index in [0.717, 1.165) is 18.4 Å². The molecule has 0 aromatic carbocycles. The molecule has 1 heteroatoms. The molecule has 0 atom stereocenters. The summed E-state index contributed by atoms with van der Waals surface area (Å²) < 4.78 is 0. The predicted molar refractivity (Wildman–Crippen MR) is 41.8 cm³/mol. The molecular weight excluding hydrogens is 124 g/mol. The van der Waals surface area contributed by atoms with E-state index >= 15 is 0 Å². The fraction of sp³-hybridized carbons (Fsp3) is 0.667. The topological polar surface area (TPSA) is 17.1 Å². The number of Topliss-reactive ketones (excluding diaryl/α,β-unsaturated/α-hetero) is 1. The predicted octanol–water partition coefficient (Wildman–Crippen LogP) is 2.32. The Morgan fingerprint density at radius 3 is 2.10 bits per heavy atom. The smallest absolute Gasteiger partial charge is 0.158 e. The molecule has 0 spiro atoms. The molecular formula is C9H14O. The van der Waals surface area contributed by atoms with Crippen LogP contribution in [0, 0.1) is 5.92 Å². The van der Waals surface area contributed by atoms with Gasteiger partial charge in [0, 0.05) is 6.42 Å². The van der Waals surface area contributed by atoms with Crippen LogP contribution in [0.1, 0.15) is 33.6 Å². The number of rotatable bonds is 1. The third kappa shape index (κ3) is 1.13. The number of carbonyl (C=O) groups is 1. The van der Waals surface area contributed by atoms with Gasteiger partial charge in [-0.05, 0) is 24.8 Å². The van der Waals surface area contributed by atoms with Gasteiger partial charge in [-0.2, -0.15) is 0 Å². The maximum Gasteiger partial charge on any atom is 0.158 e. The Hall–Kier alpha value is -0.590. The molecule has 1 aliphatic carbocycles. The lowest BCUT2D eigenvalue weighted by molar-refractivity contribution is -0.114. The monoisotopic (exact) mass is 138 g/mol. The first kappa shape index (κ1) is 7.52. The molecule has 0 amide bonds. The highest BCUT2D eigenvalue weighted by Gasteiger charge is 2.20. The van der Waals surface area contributed by atoms with Crippen LogP contribution in [0.5, 0.6) is 0 Å². The number of ketones is 1. The fourth-order valence-corrected chi connectivity index (χ4v) is 1.52. The van der Waals surface area contributed by atoms with E-state index in [4.69, 9.17) is 0 Å². The van der Waals surface area contributed by atoms with Gasteiger partial charge in [0.25, 0.3) is 0 Å². The normalized spacial score (nSPS) is 19.4. The quantitative estimate of drug-likeness (QED) is 0.543. The van der Waals surface area contributed by atoms with Crippen LogP contribution in [0.3, 0.4) is 0 Å². The zero-order valence-corrected chi connectivity index (χ0v) is 6.90. The first-order valence-corrected chi connectivity index (χ1v) is 3.85. The van der Waals surface area contributed by atoms with E-state index < -0.39 is 0 Å². The maximum absolute atomic E-state index is 11.0. The van der Waals surface area contributed by atoms with Crippen molar-refractivity contribution in [3.05, 3.63) is 11.1 Å². The first-order chi connectivity index (χ1) is 4.63. The van der Waals surface area contributed by atoms with E-state index in [0.29, 0.717) is 11.7 Å². The molecule has 0 fully saturated rings. The van der Waals surface area contributed by atoms with E-state index in [1.54, 1.807) is 0 Å². The van der Waals surface area contributed by atoms with Crippen LogP contribution in [-0.2, 0) is 4.79 Å². The van der Waals surface area contributed by atoms with Crippen molar-refractivity contribution in [1.82, 2.24) is 0 Å². The van der Waals surface area contributed by atoms with Crippen molar-refractivity contribution in [2.24, 2.45) is 5.92 Å². The minimum atomic E-state index is 0.351. The van der Waals surface area contributed by atoms with E-state index in [-0.39, 0.29) is 0 Å². The summed E-state index contributed by atoms with van der Waals surface area (Å²) in [5, 5.41) is 0. The van der Waals surface area contributed by atoms with Crippen LogP contribution in [0.25, 0.3) is 0 Å². The zero-order chi connectivity index (χ0) is 7.72. The van der Waals surface area contributed by atoms with Gasteiger partial charge >= 0.3 is 0 Å². The van der Waals surface area contributed by atoms with E-state index in [1.807, 2.05) is 6.92 Å². The summed E-state index contributed by atoms with van der Waals surface area (Å²) in [6.45, 7) is 6.25. The number of hydrogen-bond acceptors (Lipinski definition) is 1. The molecule has 0 aromatic rings. The molecule has 10 heavy (non-hydrogen) atoms. The van der Waals surface area contributed by atoms with Crippen LogP contribution in [0.4, 0.5) is 0 Å². The van der Waals surface area contributed by atoms with Gasteiger partial charge in [-0.25, -0.2) is 0 Å². The van der Waals surface area contributed by atoms with Gasteiger partial charge in [0.05, 0.1) is 0 Å². The fourth-order valence-electron chi connectivity index (χ4n) is 1.52. The molecule has 0 unspecified atom stereocenters. The highest BCUT2D eigenvalue weighted by Crippen LogP contribution is 2.27. The van der Waals surface area contributed by atoms with Crippen molar-refractivity contribution < 1.29 is 4.79 Å². The standard InChI is InChI=1S/C9H14O/c1-6(2)8-4-5-9(10)7(8)3/h6H,4-5H2,1-3H3. The SMILES string of the molecule is CC1=C(C(C)C)CCC1=O. The van der Waals surface area contributed by atoms with Gasteiger partial charge in [0.15, 0.2) is 5.78 Å². The third-order valence-corrected chi connectivity index (χ3v) is 2.22. The van der Waals surface area contributed by atoms with Crippen LogP contribution in [0.2, 0.25) is 0 Å². The Balaban J connectivity index is 2.85. The van der Waals surface area contributed by atoms with Crippen molar-refractivity contribution >= 4 is 5.78 Å². The van der Waals surface area contributed by atoms with Gasteiger partial charge in [-0.3, -0.25) is 4.79 Å². The maximum atomic E-state index is 11.0. The number of allylic oxidation sites excluding steroid dienone is 2. The Morgan fingerprint density at radius 2 is 1.90 bits per heavy atom. The van der Waals surface area contributed by atoms with Crippen LogP contribution in [0.15, 0.2) is 11.1 Å². The molecule has 56 valence electrons. The van der Waals surface area contributed by atoms with Crippen molar-refractivity contribution in [3.8, 4) is 0 Å². The molecule has 0 N–H and O–H groups in total. The van der Waals surface area contributed by atoms with Crippen LogP contribution < -0.4 is 0 Å². The lowest BCUT2D eigenvalue weighted by Gasteiger charge is -2.05. The average molecular weight is 138 g/mol. The molecule has 1 nitrogen and oxygen atoms in total. The second-order valence-corrected chi connectivity index (χ2v) is 3.23. The molecule has 0 saturated heterocycles. The van der Waals surface area contributed by atoms with Crippen molar-refractivity contribution in [1.29, 1.82) is 0 Å². The molecule has 0 radical (unpaired) electrons. The second-order valence-electron chi connectivity index (χ2n) is 3.23. The summed E-state index contributed by atoms with van der Waals surface area (Å²) >= 11 is 0. The van der Waals surface area contributed by atoms with Crippen molar-refractivity contribution in [2.75, 3.05) is 0 Å². The summed E-state index contributed by atoms with van der Waals surface area (Å²) in [6, 6.07) is 0. The number of carbonyl (C=O) groups excluding carboxylic acids is 1. The van der Waals surface area contributed by atoms with Crippen LogP contribution >= 0.6 is 0 Å². The third-order valence-electron chi connectivity index (χ3n) is 2.22. The van der Waals surface area contributed by atoms with E-state index in [1.165, 1.54) is 5.57 Å². The minimum Gasteiger partial charge on any atom is -0.295 e. The van der Waals surface area contributed by atoms with E-state index in [9.17, 15) is 4.79 Å². The summed E-state index contributed by atoms with van der Waals surface area (Å²) in [4.78, 5) is 11.0. The zero-order valence-electron chi connectivity index (χ0n) is 6.90. The molecule has 0 aromatic heterocycles. The molecule has 1 aliphatic rings. The Labute approximate surface area is 62.1 Å². The minimum absolute atomic E-state index is 0.351. The number of hydrogen-bond donors (Lipinski definition) is 0. The summed E-state index contributed by atoms with van der Waals surface area (Å²) in [5.41, 5.74) is 2.39. The van der Waals surface area contributed by atoms with Crippen molar-refractivity contribution in [3.63, 3.8) is 0 Å². The lowest BCUT2D eigenvalue weighted by Crippen LogP contribution is -1.94. The lowest BCUT2D eigenvalue weighted by atomic mass is 10.0. The summed E-state index contributed by atoms with van der Waals surface area (Å²) in [6.07, 6.45) is 1.75. The van der Waals surface area contributed by atoms with E-state index in [2.05, 4.69) is 13.8 Å². The van der Waals surface area contributed by atoms with Gasteiger partial charge in [-0.15, -0.1) is 0 Å². The summed E-state index contributed by atoms with van der Waals surface area (Å²) in [5.74, 6) is 0.912. The Bertz CT molecular complexity index is 187. The highest BCUT2D eigenvalue weighted by atomic mass is 16.1. The molecule has 1 rings (SSSR count). The largest absolute Gasteiger partial charge is 0.295 e. The molecule has 0 aliphatic heterocycles. The van der Waals surface area contributed by atoms with Crippen LogP contribution in [-0.4, -0.2) is 5.78 Å². The average Bonchev–Trinajstić information content (AvgIpc) is 2.14. The van der Waals surface area contributed by atoms with Gasteiger partial charge in [0.1, 0.15) is 0 Å². The van der Waals surface area contributed by atoms with Gasteiger partial charge in [0.2, 0.25) is 0 Å². The van der Waals surface area contributed by atoms with Gasteiger partial charge in [-0.1, -0.05) is 19.4 Å². The molecule has 0 saturated carbocycles. The molecule has 0 bridgehead atoms. The first-order valence-electron chi connectivity index (χ1n) is 3.85. The highest BCUT2D eigenvalue weighted by molar-refractivity contribution is 5.98. The van der Waals surface area contributed by atoms with Crippen molar-refractivity contribution in [2.45, 2.75) is 33.6 Å². The second kappa shape index (κ2) is 2.57. The summed E-state index contributed by atoms with van der Waals surface area (Å²) in [7, 11) is 0. The molecule has 0 heterocycles. The Kier molecular flexibility index (Phi) is 1.93.